The minimum absolute atomic E-state index is 0.0162. The standard InChI is InChI=1S/C27H34N2O4/c1-26(2)11-18-24(20(30)13-26)23(16-7-9-17(10-8-16)28(5)6)25-19(29(18)15-22(32)33)12-27(3,4)14-21(25)31/h7-10,23H,11-15H2,1-6H3,(H,32,33). The molecule has 33 heavy (non-hydrogen) atoms. The van der Waals surface area contributed by atoms with Crippen molar-refractivity contribution in [2.45, 2.75) is 59.3 Å². The van der Waals surface area contributed by atoms with Gasteiger partial charge >= 0.3 is 5.97 Å². The van der Waals surface area contributed by atoms with Crippen LogP contribution in [-0.4, -0.2) is 48.2 Å². The summed E-state index contributed by atoms with van der Waals surface area (Å²) in [5.74, 6) is -1.37. The number of allylic oxidation sites excluding steroid dienone is 4. The molecule has 1 heterocycles. The number of Topliss-reactive ketones (excluding diaryl/α,β-unsaturated/α-hetero) is 2. The molecule has 0 bridgehead atoms. The van der Waals surface area contributed by atoms with Gasteiger partial charge in [0.2, 0.25) is 0 Å². The maximum Gasteiger partial charge on any atom is 0.323 e. The van der Waals surface area contributed by atoms with Crippen LogP contribution < -0.4 is 4.90 Å². The first kappa shape index (κ1) is 23.3. The van der Waals surface area contributed by atoms with Gasteiger partial charge in [-0.15, -0.1) is 0 Å². The lowest BCUT2D eigenvalue weighted by Gasteiger charge is -2.48. The molecule has 2 aliphatic carbocycles. The molecular weight excluding hydrogens is 416 g/mol. The summed E-state index contributed by atoms with van der Waals surface area (Å²) in [7, 11) is 3.94. The van der Waals surface area contributed by atoms with Gasteiger partial charge in [0.1, 0.15) is 6.54 Å². The number of carboxylic acid groups (broad SMARTS) is 1. The molecule has 1 N–H and O–H groups in total. The Morgan fingerprint density at radius 3 is 1.76 bits per heavy atom. The molecule has 0 unspecified atom stereocenters. The lowest BCUT2D eigenvalue weighted by molar-refractivity contribution is -0.138. The van der Waals surface area contributed by atoms with Crippen molar-refractivity contribution in [1.29, 1.82) is 0 Å². The molecule has 6 nitrogen and oxygen atoms in total. The Morgan fingerprint density at radius 1 is 0.909 bits per heavy atom. The molecule has 0 fully saturated rings. The smallest absolute Gasteiger partial charge is 0.323 e. The molecule has 6 heteroatoms. The van der Waals surface area contributed by atoms with Crippen LogP contribution in [0.5, 0.6) is 0 Å². The van der Waals surface area contributed by atoms with Crippen LogP contribution in [0.1, 0.15) is 64.9 Å². The van der Waals surface area contributed by atoms with Gasteiger partial charge in [-0.05, 0) is 41.4 Å². The molecule has 1 aromatic carbocycles. The second kappa shape index (κ2) is 7.86. The minimum Gasteiger partial charge on any atom is -0.480 e. The molecule has 1 aliphatic heterocycles. The van der Waals surface area contributed by atoms with Crippen LogP contribution in [0.25, 0.3) is 0 Å². The molecule has 0 aromatic heterocycles. The lowest BCUT2D eigenvalue weighted by atomic mass is 9.63. The maximum atomic E-state index is 13.6. The normalized spacial score (nSPS) is 22.3. The molecule has 1 aromatic rings. The summed E-state index contributed by atoms with van der Waals surface area (Å²) >= 11 is 0. The van der Waals surface area contributed by atoms with Crippen LogP contribution in [0.15, 0.2) is 46.8 Å². The van der Waals surface area contributed by atoms with Crippen LogP contribution in [0.2, 0.25) is 0 Å². The highest BCUT2D eigenvalue weighted by Gasteiger charge is 2.49. The average Bonchev–Trinajstić information content (AvgIpc) is 2.67. The largest absolute Gasteiger partial charge is 0.480 e. The number of hydrogen-bond acceptors (Lipinski definition) is 5. The van der Waals surface area contributed by atoms with E-state index in [4.69, 9.17) is 0 Å². The number of carboxylic acids is 1. The number of hydrogen-bond donors (Lipinski definition) is 1. The highest BCUT2D eigenvalue weighted by molar-refractivity contribution is 6.07. The first-order valence-corrected chi connectivity index (χ1v) is 11.6. The fraction of sp³-hybridized carbons (Fsp3) is 0.519. The Hall–Kier alpha value is -2.89. The molecule has 0 saturated carbocycles. The molecule has 176 valence electrons. The molecule has 0 amide bonds. The summed E-state index contributed by atoms with van der Waals surface area (Å²) in [5, 5.41) is 9.74. The number of carbonyl (C=O) groups is 3. The Bertz CT molecular complexity index is 1040. The minimum atomic E-state index is -0.964. The second-order valence-corrected chi connectivity index (χ2v) is 11.5. The zero-order valence-electron chi connectivity index (χ0n) is 20.5. The van der Waals surface area contributed by atoms with Crippen molar-refractivity contribution in [2.75, 3.05) is 25.5 Å². The van der Waals surface area contributed by atoms with Gasteiger partial charge in [0.25, 0.3) is 0 Å². The Labute approximate surface area is 195 Å². The molecule has 0 spiro atoms. The maximum absolute atomic E-state index is 13.6. The van der Waals surface area contributed by atoms with E-state index < -0.39 is 11.9 Å². The van der Waals surface area contributed by atoms with Crippen molar-refractivity contribution in [3.63, 3.8) is 0 Å². The van der Waals surface area contributed by atoms with Gasteiger partial charge in [0, 0.05) is 61.1 Å². The van der Waals surface area contributed by atoms with Gasteiger partial charge in [0.15, 0.2) is 11.6 Å². The number of ketones is 2. The number of aliphatic carboxylic acids is 1. The van der Waals surface area contributed by atoms with Crippen molar-refractivity contribution in [3.8, 4) is 0 Å². The molecular formula is C27H34N2O4. The summed E-state index contributed by atoms with van der Waals surface area (Å²) in [5.41, 5.74) is 4.21. The highest BCUT2D eigenvalue weighted by atomic mass is 16.4. The predicted molar refractivity (Wildman–Crippen MR) is 128 cm³/mol. The summed E-state index contributed by atoms with van der Waals surface area (Å²) < 4.78 is 0. The first-order valence-electron chi connectivity index (χ1n) is 11.6. The summed E-state index contributed by atoms with van der Waals surface area (Å²) in [6.07, 6.45) is 2.00. The van der Waals surface area contributed by atoms with Crippen LogP contribution in [0.4, 0.5) is 5.69 Å². The van der Waals surface area contributed by atoms with E-state index >= 15 is 0 Å². The van der Waals surface area contributed by atoms with Crippen molar-refractivity contribution >= 4 is 23.2 Å². The zero-order valence-corrected chi connectivity index (χ0v) is 20.5. The highest BCUT2D eigenvalue weighted by Crippen LogP contribution is 2.54. The zero-order chi connectivity index (χ0) is 24.3. The Kier molecular flexibility index (Phi) is 5.54. The van der Waals surface area contributed by atoms with Crippen molar-refractivity contribution in [3.05, 3.63) is 52.4 Å². The van der Waals surface area contributed by atoms with E-state index in [9.17, 15) is 19.5 Å². The van der Waals surface area contributed by atoms with Crippen molar-refractivity contribution in [1.82, 2.24) is 4.90 Å². The number of carbonyl (C=O) groups excluding carboxylic acids is 2. The molecule has 0 saturated heterocycles. The van der Waals surface area contributed by atoms with E-state index in [0.29, 0.717) is 36.8 Å². The fourth-order valence-corrected chi connectivity index (χ4v) is 5.67. The predicted octanol–water partition coefficient (Wildman–Crippen LogP) is 4.52. The average molecular weight is 451 g/mol. The van der Waals surface area contributed by atoms with E-state index in [1.165, 1.54) is 0 Å². The molecule has 3 aliphatic rings. The monoisotopic (exact) mass is 450 g/mol. The molecule has 0 atom stereocenters. The van der Waals surface area contributed by atoms with E-state index in [-0.39, 0.29) is 28.9 Å². The Balaban J connectivity index is 1.97. The number of rotatable bonds is 4. The Morgan fingerprint density at radius 2 is 1.36 bits per heavy atom. The SMILES string of the molecule is CN(C)c1ccc(C2C3=C(CC(C)(C)CC3=O)N(CC(=O)O)C3=C2C(=O)CC(C)(C)C3)cc1. The van der Waals surface area contributed by atoms with Crippen LogP contribution in [-0.2, 0) is 14.4 Å². The lowest BCUT2D eigenvalue weighted by Crippen LogP contribution is -2.45. The summed E-state index contributed by atoms with van der Waals surface area (Å²) in [6.45, 7) is 7.96. The van der Waals surface area contributed by atoms with Crippen molar-refractivity contribution in [2.24, 2.45) is 10.8 Å². The van der Waals surface area contributed by atoms with Crippen molar-refractivity contribution < 1.29 is 19.5 Å². The first-order chi connectivity index (χ1) is 15.3. The molecule has 4 rings (SSSR count). The fourth-order valence-electron chi connectivity index (χ4n) is 5.67. The van der Waals surface area contributed by atoms with Crippen LogP contribution >= 0.6 is 0 Å². The third kappa shape index (κ3) is 4.23. The van der Waals surface area contributed by atoms with E-state index in [0.717, 1.165) is 22.6 Å². The van der Waals surface area contributed by atoms with Crippen LogP contribution in [0, 0.1) is 10.8 Å². The third-order valence-electron chi connectivity index (χ3n) is 7.06. The van der Waals surface area contributed by atoms with Gasteiger partial charge in [-0.25, -0.2) is 0 Å². The van der Waals surface area contributed by atoms with Gasteiger partial charge in [-0.2, -0.15) is 0 Å². The van der Waals surface area contributed by atoms with Gasteiger partial charge in [0.05, 0.1) is 0 Å². The van der Waals surface area contributed by atoms with E-state index in [2.05, 4.69) is 0 Å². The quantitative estimate of drug-likeness (QED) is 0.727. The second-order valence-electron chi connectivity index (χ2n) is 11.5. The molecule has 0 radical (unpaired) electrons. The third-order valence-corrected chi connectivity index (χ3v) is 7.06. The van der Waals surface area contributed by atoms with Gasteiger partial charge in [-0.3, -0.25) is 14.4 Å². The van der Waals surface area contributed by atoms with Crippen LogP contribution in [0.3, 0.4) is 0 Å². The van der Waals surface area contributed by atoms with E-state index in [1.54, 1.807) is 4.90 Å². The number of anilines is 1. The van der Waals surface area contributed by atoms with E-state index in [1.807, 2.05) is 71.0 Å². The van der Waals surface area contributed by atoms with Gasteiger partial charge < -0.3 is 14.9 Å². The summed E-state index contributed by atoms with van der Waals surface area (Å²) in [6, 6.07) is 8.02. The summed E-state index contributed by atoms with van der Waals surface area (Å²) in [4.78, 5) is 42.8. The number of nitrogens with zero attached hydrogens (tertiary/aromatic N) is 2. The van der Waals surface area contributed by atoms with Gasteiger partial charge in [-0.1, -0.05) is 39.8 Å². The topological polar surface area (TPSA) is 77.9 Å². The number of benzene rings is 1.